The number of rotatable bonds is 5. The Labute approximate surface area is 160 Å². The molecular formula is C19H21N5O2S. The van der Waals surface area contributed by atoms with Crippen molar-refractivity contribution in [1.82, 2.24) is 10.3 Å². The minimum atomic E-state index is -0.345. The van der Waals surface area contributed by atoms with Crippen LogP contribution in [0.15, 0.2) is 36.4 Å². The van der Waals surface area contributed by atoms with Gasteiger partial charge in [0, 0.05) is 28.5 Å². The molecule has 0 saturated heterocycles. The second-order valence-corrected chi connectivity index (χ2v) is 7.36. The van der Waals surface area contributed by atoms with E-state index in [1.807, 2.05) is 13.8 Å². The van der Waals surface area contributed by atoms with Crippen molar-refractivity contribution in [2.45, 2.75) is 26.3 Å². The average molecular weight is 383 g/mol. The highest BCUT2D eigenvalue weighted by atomic mass is 32.1. The monoisotopic (exact) mass is 383 g/mol. The van der Waals surface area contributed by atoms with Gasteiger partial charge in [-0.15, -0.1) is 0 Å². The first kappa shape index (κ1) is 18.7. The second-order valence-electron chi connectivity index (χ2n) is 6.33. The van der Waals surface area contributed by atoms with Crippen LogP contribution in [0.3, 0.4) is 0 Å². The second kappa shape index (κ2) is 7.63. The Hall–Kier alpha value is -3.13. The maximum Gasteiger partial charge on any atom is 0.257 e. The maximum absolute atomic E-state index is 12.4. The van der Waals surface area contributed by atoms with E-state index in [0.29, 0.717) is 33.1 Å². The Balaban J connectivity index is 1.80. The third-order valence-electron chi connectivity index (χ3n) is 4.10. The van der Waals surface area contributed by atoms with E-state index in [0.717, 1.165) is 11.1 Å². The molecule has 27 heavy (non-hydrogen) atoms. The van der Waals surface area contributed by atoms with E-state index in [4.69, 9.17) is 11.5 Å². The summed E-state index contributed by atoms with van der Waals surface area (Å²) < 4.78 is 0.814. The van der Waals surface area contributed by atoms with Crippen molar-refractivity contribution in [1.29, 1.82) is 0 Å². The van der Waals surface area contributed by atoms with Gasteiger partial charge >= 0.3 is 0 Å². The fraction of sp³-hybridized carbons (Fsp3) is 0.211. The van der Waals surface area contributed by atoms with Crippen molar-refractivity contribution in [3.63, 3.8) is 0 Å². The van der Waals surface area contributed by atoms with E-state index in [2.05, 4.69) is 15.6 Å². The highest BCUT2D eigenvalue weighted by Gasteiger charge is 2.14. The molecule has 0 fully saturated rings. The Morgan fingerprint density at radius 2 is 1.78 bits per heavy atom. The number of nitrogens with one attached hydrogen (secondary N) is 2. The van der Waals surface area contributed by atoms with Crippen LogP contribution in [0.4, 0.5) is 16.5 Å². The number of hydrogen-bond donors (Lipinski definition) is 4. The van der Waals surface area contributed by atoms with E-state index < -0.39 is 0 Å². The third-order valence-corrected chi connectivity index (χ3v) is 5.03. The van der Waals surface area contributed by atoms with E-state index in [1.165, 1.54) is 11.3 Å². The SMILES string of the molecule is CC[C@H](C)NC(=O)c1ccc2nc(NC(=O)c3cc(N)cc(N)c3)sc2c1. The number of aromatic nitrogens is 1. The van der Waals surface area contributed by atoms with Crippen molar-refractivity contribution in [2.75, 3.05) is 16.8 Å². The molecule has 0 radical (unpaired) electrons. The van der Waals surface area contributed by atoms with Crippen LogP contribution < -0.4 is 22.1 Å². The lowest BCUT2D eigenvalue weighted by Crippen LogP contribution is -2.31. The molecule has 0 bridgehead atoms. The van der Waals surface area contributed by atoms with Gasteiger partial charge < -0.3 is 16.8 Å². The molecule has 0 saturated carbocycles. The molecule has 0 aliphatic rings. The van der Waals surface area contributed by atoms with Crippen molar-refractivity contribution in [2.24, 2.45) is 0 Å². The quantitative estimate of drug-likeness (QED) is 0.504. The van der Waals surface area contributed by atoms with Crippen molar-refractivity contribution < 1.29 is 9.59 Å². The molecule has 7 nitrogen and oxygen atoms in total. The van der Waals surface area contributed by atoms with Gasteiger partial charge in [-0.1, -0.05) is 18.3 Å². The van der Waals surface area contributed by atoms with Crippen LogP contribution in [0, 0.1) is 0 Å². The van der Waals surface area contributed by atoms with Gasteiger partial charge in [0.2, 0.25) is 0 Å². The average Bonchev–Trinajstić information content (AvgIpc) is 3.01. The standard InChI is InChI=1S/C19H21N5O2S/c1-3-10(2)22-17(25)11-4-5-15-16(8-11)27-19(23-15)24-18(26)12-6-13(20)9-14(21)7-12/h4-10H,3,20-21H2,1-2H3,(H,22,25)(H,23,24,26)/t10-/m0/s1. The van der Waals surface area contributed by atoms with Crippen LogP contribution >= 0.6 is 11.3 Å². The maximum atomic E-state index is 12.4. The number of nitrogens with zero attached hydrogens (tertiary/aromatic N) is 1. The number of nitrogen functional groups attached to an aromatic ring is 2. The summed E-state index contributed by atoms with van der Waals surface area (Å²) in [6.07, 6.45) is 0.860. The van der Waals surface area contributed by atoms with Crippen LogP contribution in [0.5, 0.6) is 0 Å². The minimum Gasteiger partial charge on any atom is -0.399 e. The Kier molecular flexibility index (Phi) is 5.27. The van der Waals surface area contributed by atoms with Gasteiger partial charge in [-0.05, 0) is 49.7 Å². The highest BCUT2D eigenvalue weighted by molar-refractivity contribution is 7.22. The predicted molar refractivity (Wildman–Crippen MR) is 110 cm³/mol. The minimum absolute atomic E-state index is 0.107. The van der Waals surface area contributed by atoms with Gasteiger partial charge in [-0.2, -0.15) is 0 Å². The van der Waals surface area contributed by atoms with Crippen molar-refractivity contribution in [3.8, 4) is 0 Å². The Bertz CT molecular complexity index is 994. The number of amides is 2. The summed E-state index contributed by atoms with van der Waals surface area (Å²) in [6, 6.07) is 10.1. The van der Waals surface area contributed by atoms with Gasteiger partial charge in [-0.3, -0.25) is 14.9 Å². The highest BCUT2D eigenvalue weighted by Crippen LogP contribution is 2.27. The lowest BCUT2D eigenvalue weighted by Gasteiger charge is -2.10. The number of hydrogen-bond acceptors (Lipinski definition) is 6. The van der Waals surface area contributed by atoms with Crippen LogP contribution in [0.2, 0.25) is 0 Å². The summed E-state index contributed by atoms with van der Waals surface area (Å²) in [5.41, 5.74) is 13.9. The molecule has 2 amide bonds. The summed E-state index contributed by atoms with van der Waals surface area (Å²) in [6.45, 7) is 3.97. The fourth-order valence-corrected chi connectivity index (χ4v) is 3.41. The molecule has 3 aromatic rings. The molecule has 0 unspecified atom stereocenters. The summed E-state index contributed by atoms with van der Waals surface area (Å²) in [5.74, 6) is -0.469. The van der Waals surface area contributed by atoms with Crippen molar-refractivity contribution >= 4 is 49.9 Å². The first-order chi connectivity index (χ1) is 12.9. The lowest BCUT2D eigenvalue weighted by atomic mass is 10.1. The summed E-state index contributed by atoms with van der Waals surface area (Å²) in [7, 11) is 0. The molecule has 0 spiro atoms. The van der Waals surface area contributed by atoms with E-state index >= 15 is 0 Å². The molecule has 140 valence electrons. The van der Waals surface area contributed by atoms with E-state index in [1.54, 1.807) is 36.4 Å². The summed E-state index contributed by atoms with van der Waals surface area (Å²) in [4.78, 5) is 29.1. The zero-order valence-electron chi connectivity index (χ0n) is 15.1. The van der Waals surface area contributed by atoms with Crippen LogP contribution in [0.25, 0.3) is 10.2 Å². The lowest BCUT2D eigenvalue weighted by molar-refractivity contribution is 0.0938. The largest absolute Gasteiger partial charge is 0.399 e. The molecule has 1 atom stereocenters. The third kappa shape index (κ3) is 4.35. The zero-order chi connectivity index (χ0) is 19.6. The number of nitrogens with two attached hydrogens (primary N) is 2. The van der Waals surface area contributed by atoms with Gasteiger partial charge in [-0.25, -0.2) is 4.98 Å². The molecule has 2 aromatic carbocycles. The number of carbonyl (C=O) groups excluding carboxylic acids is 2. The zero-order valence-corrected chi connectivity index (χ0v) is 15.9. The predicted octanol–water partition coefficient (Wildman–Crippen LogP) is 3.24. The summed E-state index contributed by atoms with van der Waals surface area (Å²) in [5, 5.41) is 6.12. The van der Waals surface area contributed by atoms with Crippen LogP contribution in [-0.2, 0) is 0 Å². The smallest absolute Gasteiger partial charge is 0.257 e. The number of fused-ring (bicyclic) bond motifs is 1. The van der Waals surface area contributed by atoms with E-state index in [9.17, 15) is 9.59 Å². The Morgan fingerprint density at radius 1 is 1.07 bits per heavy atom. The molecule has 3 rings (SSSR count). The molecule has 1 aromatic heterocycles. The van der Waals surface area contributed by atoms with E-state index in [-0.39, 0.29) is 17.9 Å². The number of benzene rings is 2. The van der Waals surface area contributed by atoms with Gasteiger partial charge in [0.25, 0.3) is 11.8 Å². The molecule has 6 N–H and O–H groups in total. The molecule has 8 heteroatoms. The van der Waals surface area contributed by atoms with Gasteiger partial charge in [0.15, 0.2) is 5.13 Å². The number of carbonyl (C=O) groups is 2. The summed E-state index contributed by atoms with van der Waals surface area (Å²) >= 11 is 1.30. The van der Waals surface area contributed by atoms with Gasteiger partial charge in [0.1, 0.15) is 0 Å². The fourth-order valence-electron chi connectivity index (χ4n) is 2.51. The van der Waals surface area contributed by atoms with Crippen LogP contribution in [0.1, 0.15) is 41.0 Å². The molecular weight excluding hydrogens is 362 g/mol. The first-order valence-electron chi connectivity index (χ1n) is 8.54. The molecule has 1 heterocycles. The Morgan fingerprint density at radius 3 is 2.44 bits per heavy atom. The molecule has 0 aliphatic heterocycles. The normalized spacial score (nSPS) is 11.9. The van der Waals surface area contributed by atoms with Gasteiger partial charge in [0.05, 0.1) is 10.2 Å². The topological polar surface area (TPSA) is 123 Å². The first-order valence-corrected chi connectivity index (χ1v) is 9.36. The number of anilines is 3. The van der Waals surface area contributed by atoms with Crippen molar-refractivity contribution in [3.05, 3.63) is 47.5 Å². The number of thiazole rings is 1. The van der Waals surface area contributed by atoms with Crippen LogP contribution in [-0.4, -0.2) is 22.8 Å². The molecule has 0 aliphatic carbocycles.